The third kappa shape index (κ3) is 4.29. The molecular weight excluding hydrogens is 263 g/mol. The van der Waals surface area contributed by atoms with Gasteiger partial charge in [-0.2, -0.15) is 0 Å². The molecule has 0 unspecified atom stereocenters. The zero-order chi connectivity index (χ0) is 12.3. The van der Waals surface area contributed by atoms with Crippen molar-refractivity contribution in [2.45, 2.75) is 0 Å². The third-order valence-corrected chi connectivity index (χ3v) is 2.01. The zero-order valence-corrected chi connectivity index (χ0v) is 12.8. The van der Waals surface area contributed by atoms with Crippen LogP contribution in [0.15, 0.2) is 18.2 Å². The Kier molecular flexibility index (Phi) is 6.78. The molecule has 0 N–H and O–H groups in total. The largest absolute Gasteiger partial charge is 1.00 e. The minimum Gasteiger partial charge on any atom is -0.496 e. The van der Waals surface area contributed by atoms with Crippen LogP contribution in [0.5, 0.6) is 5.75 Å². The summed E-state index contributed by atoms with van der Waals surface area (Å²) in [4.78, 5) is 11.2. The third-order valence-electron chi connectivity index (χ3n) is 2.01. The van der Waals surface area contributed by atoms with E-state index < -0.39 is 18.4 Å². The van der Waals surface area contributed by atoms with Crippen molar-refractivity contribution < 1.29 is 78.6 Å². The molecule has 0 heterocycles. The van der Waals surface area contributed by atoms with Gasteiger partial charge < -0.3 is 22.4 Å². The Morgan fingerprint density at radius 3 is 2.24 bits per heavy atom. The number of hydrogen-bond acceptors (Lipinski definition) is 3. The van der Waals surface area contributed by atoms with Crippen LogP contribution in [0.2, 0.25) is 0 Å². The molecule has 0 radical (unpaired) electrons. The van der Waals surface area contributed by atoms with Gasteiger partial charge in [0.15, 0.2) is 0 Å². The van der Waals surface area contributed by atoms with E-state index in [9.17, 15) is 17.7 Å². The molecule has 1 aromatic rings. The maximum atomic E-state index is 12.4. The Balaban J connectivity index is 0.00000256. The van der Waals surface area contributed by atoms with Gasteiger partial charge in [-0.15, -0.1) is 5.46 Å². The van der Waals surface area contributed by atoms with Crippen molar-refractivity contribution in [2.24, 2.45) is 0 Å². The molecule has 0 saturated heterocycles. The Bertz CT molecular complexity index is 409. The van der Waals surface area contributed by atoms with E-state index in [2.05, 4.69) is 4.74 Å². The van der Waals surface area contributed by atoms with Gasteiger partial charge >= 0.3 is 64.3 Å². The molecule has 0 aliphatic rings. The topological polar surface area (TPSA) is 35.5 Å². The predicted octanol–water partition coefficient (Wildman–Crippen LogP) is -1.46. The molecule has 3 nitrogen and oxygen atoms in total. The Morgan fingerprint density at radius 2 is 1.82 bits per heavy atom. The molecule has 1 aromatic carbocycles. The van der Waals surface area contributed by atoms with E-state index in [0.29, 0.717) is 0 Å². The number of carbonyl (C=O) groups is 1. The van der Waals surface area contributed by atoms with Crippen molar-refractivity contribution in [1.82, 2.24) is 0 Å². The molecule has 0 spiro atoms. The van der Waals surface area contributed by atoms with E-state index in [1.54, 1.807) is 0 Å². The maximum absolute atomic E-state index is 12.4. The molecule has 0 fully saturated rings. The van der Waals surface area contributed by atoms with Gasteiger partial charge in [0.1, 0.15) is 11.3 Å². The molecule has 0 aliphatic heterocycles. The molecule has 0 atom stereocenters. The zero-order valence-electron chi connectivity index (χ0n) is 9.67. The van der Waals surface area contributed by atoms with Crippen LogP contribution in [0.25, 0.3) is 0 Å². The van der Waals surface area contributed by atoms with Crippen molar-refractivity contribution in [1.29, 1.82) is 0 Å². The number of rotatable bonds is 3. The average molecular weight is 272 g/mol. The second kappa shape index (κ2) is 6.79. The van der Waals surface area contributed by atoms with Gasteiger partial charge in [0, 0.05) is 0 Å². The minimum absolute atomic E-state index is 0. The monoisotopic (exact) mass is 272 g/mol. The van der Waals surface area contributed by atoms with E-state index >= 15 is 0 Å². The number of benzene rings is 1. The summed E-state index contributed by atoms with van der Waals surface area (Å²) >= 11 is 0. The van der Waals surface area contributed by atoms with Crippen molar-refractivity contribution in [3.63, 3.8) is 0 Å². The number of ether oxygens (including phenoxy) is 2. The smallest absolute Gasteiger partial charge is 0.496 e. The first-order valence-corrected chi connectivity index (χ1v) is 4.36. The summed E-state index contributed by atoms with van der Waals surface area (Å²) in [5.74, 6) is -0.887. The number of esters is 1. The van der Waals surface area contributed by atoms with Crippen LogP contribution in [-0.2, 0) is 4.74 Å². The summed E-state index contributed by atoms with van der Waals surface area (Å²) in [5.41, 5.74) is -0.849. The van der Waals surface area contributed by atoms with Crippen molar-refractivity contribution in [3.8, 4) is 5.75 Å². The Hall–Kier alpha value is -0.0187. The first-order chi connectivity index (χ1) is 7.40. The summed E-state index contributed by atoms with van der Waals surface area (Å²) in [7, 11) is 2.33. The van der Waals surface area contributed by atoms with Gasteiger partial charge in [-0.05, 0) is 12.1 Å². The molecule has 0 amide bonds. The van der Waals surface area contributed by atoms with Crippen molar-refractivity contribution in [3.05, 3.63) is 23.8 Å². The predicted molar refractivity (Wildman–Crippen MR) is 53.0 cm³/mol. The van der Waals surface area contributed by atoms with Gasteiger partial charge in [0.2, 0.25) is 0 Å². The van der Waals surface area contributed by atoms with E-state index in [-0.39, 0.29) is 62.7 Å². The first kappa shape index (κ1) is 17.0. The normalized spacial score (nSPS) is 10.4. The standard InChI is InChI=1S/C9H9BF3O3.K/c1-15-8-5-6(10(11,12)13)3-4-7(8)9(14)16-2;/h3-5H,1-2H3;/q-1;+1. The van der Waals surface area contributed by atoms with Crippen LogP contribution >= 0.6 is 0 Å². The summed E-state index contributed by atoms with van der Waals surface area (Å²) in [6.45, 7) is -5.11. The van der Waals surface area contributed by atoms with Crippen molar-refractivity contribution in [2.75, 3.05) is 14.2 Å². The molecule has 8 heteroatoms. The van der Waals surface area contributed by atoms with Crippen LogP contribution in [-0.4, -0.2) is 27.2 Å². The van der Waals surface area contributed by atoms with Crippen LogP contribution in [0, 0.1) is 0 Å². The second-order valence-electron chi connectivity index (χ2n) is 3.03. The molecule has 0 saturated carbocycles. The molecular formula is C9H9BF3KO3. The Morgan fingerprint density at radius 1 is 1.24 bits per heavy atom. The minimum atomic E-state index is -5.11. The van der Waals surface area contributed by atoms with Crippen LogP contribution < -0.4 is 61.6 Å². The van der Waals surface area contributed by atoms with Crippen LogP contribution in [0.1, 0.15) is 10.4 Å². The van der Waals surface area contributed by atoms with E-state index in [0.717, 1.165) is 25.3 Å². The molecule has 0 aliphatic carbocycles. The van der Waals surface area contributed by atoms with E-state index in [1.165, 1.54) is 7.11 Å². The number of hydrogen-bond donors (Lipinski definition) is 0. The SMILES string of the molecule is COC(=O)c1ccc([B-](F)(F)F)cc1OC.[K+]. The molecule has 1 rings (SSSR count). The van der Waals surface area contributed by atoms with Gasteiger partial charge in [0.05, 0.1) is 14.2 Å². The number of halogens is 3. The van der Waals surface area contributed by atoms with E-state index in [4.69, 9.17) is 4.74 Å². The van der Waals surface area contributed by atoms with Crippen LogP contribution in [0.4, 0.5) is 12.9 Å². The number of carbonyl (C=O) groups excluding carboxylic acids is 1. The number of methoxy groups -OCH3 is 2. The summed E-state index contributed by atoms with van der Waals surface area (Å²) < 4.78 is 46.4. The van der Waals surface area contributed by atoms with E-state index in [1.807, 2.05) is 0 Å². The second-order valence-corrected chi connectivity index (χ2v) is 3.03. The fourth-order valence-electron chi connectivity index (χ4n) is 1.19. The summed E-state index contributed by atoms with van der Waals surface area (Å²) in [6, 6.07) is 2.65. The summed E-state index contributed by atoms with van der Waals surface area (Å²) in [6.07, 6.45) is 0. The van der Waals surface area contributed by atoms with Gasteiger partial charge in [-0.25, -0.2) is 4.79 Å². The fraction of sp³-hybridized carbons (Fsp3) is 0.222. The van der Waals surface area contributed by atoms with Gasteiger partial charge in [0.25, 0.3) is 0 Å². The summed E-state index contributed by atoms with van der Waals surface area (Å²) in [5, 5.41) is 0. The fourth-order valence-corrected chi connectivity index (χ4v) is 1.19. The van der Waals surface area contributed by atoms with Gasteiger partial charge in [-0.3, -0.25) is 0 Å². The molecule has 88 valence electrons. The van der Waals surface area contributed by atoms with Crippen LogP contribution in [0.3, 0.4) is 0 Å². The van der Waals surface area contributed by atoms with Gasteiger partial charge in [-0.1, -0.05) is 6.07 Å². The quantitative estimate of drug-likeness (QED) is 0.498. The molecule has 17 heavy (non-hydrogen) atoms. The maximum Gasteiger partial charge on any atom is 1.00 e. The average Bonchev–Trinajstić information content (AvgIpc) is 2.26. The molecule has 0 aromatic heterocycles. The molecule has 0 bridgehead atoms. The Labute approximate surface area is 139 Å². The van der Waals surface area contributed by atoms with Crippen molar-refractivity contribution >= 4 is 18.4 Å². The first-order valence-electron chi connectivity index (χ1n) is 4.36.